The maximum atomic E-state index is 0. The van der Waals surface area contributed by atoms with Crippen molar-refractivity contribution in [2.24, 2.45) is 0 Å². The smallest absolute Gasteiger partial charge is 0 e. The molecule has 0 heterocycles. The monoisotopic (exact) mass is 382 g/mol. The van der Waals surface area contributed by atoms with Crippen LogP contribution in [0.4, 0.5) is 0 Å². The first kappa shape index (κ1) is 28.7. The van der Waals surface area contributed by atoms with Crippen molar-refractivity contribution in [1.29, 1.82) is 0 Å². The van der Waals surface area contributed by atoms with Gasteiger partial charge in [-0.25, -0.2) is 0 Å². The van der Waals surface area contributed by atoms with Crippen molar-refractivity contribution in [1.82, 2.24) is 0 Å². The van der Waals surface area contributed by atoms with Crippen molar-refractivity contribution in [3.05, 3.63) is 0 Å². The van der Waals surface area contributed by atoms with Crippen LogP contribution in [0.3, 0.4) is 0 Å². The molecule has 4 heteroatoms. The first-order valence-electron chi connectivity index (χ1n) is 0. The SMILES string of the molecule is [B].[Nd].[Ta].[Ti]. The summed E-state index contributed by atoms with van der Waals surface area (Å²) in [6, 6.07) is 0. The summed E-state index contributed by atoms with van der Waals surface area (Å²) in [6.45, 7) is 0. The molecular formula is BNdTaTi. The Morgan fingerprint density at radius 1 is 1.00 bits per heavy atom. The molecule has 4 heavy (non-hydrogen) atoms. The average Bonchev–Trinajstić information content (AvgIpc) is 0. The van der Waals surface area contributed by atoms with Crippen LogP contribution in [0.15, 0.2) is 0 Å². The predicted octanol–water partition coefficient (Wildman–Crippen LogP) is -0.386. The molecular weight excluding hydrogens is 384 g/mol. The van der Waals surface area contributed by atoms with E-state index in [1.54, 1.807) is 0 Å². The molecule has 0 aliphatic heterocycles. The van der Waals surface area contributed by atoms with E-state index in [9.17, 15) is 0 Å². The molecule has 0 atom stereocenters. The van der Waals surface area contributed by atoms with E-state index in [0.29, 0.717) is 0 Å². The Morgan fingerprint density at radius 3 is 1.00 bits per heavy atom. The Bertz CT molecular complexity index is 8.00. The van der Waals surface area contributed by atoms with Crippen LogP contribution in [0.5, 0.6) is 0 Å². The summed E-state index contributed by atoms with van der Waals surface area (Å²) in [5, 5.41) is 0. The summed E-state index contributed by atoms with van der Waals surface area (Å²) in [4.78, 5) is 0. The van der Waals surface area contributed by atoms with Crippen LogP contribution < -0.4 is 0 Å². The van der Waals surface area contributed by atoms with Gasteiger partial charge in [-0.2, -0.15) is 0 Å². The Kier molecular flexibility index (Phi) is 121. The van der Waals surface area contributed by atoms with Gasteiger partial charge in [0.25, 0.3) is 0 Å². The van der Waals surface area contributed by atoms with Gasteiger partial charge in [0.1, 0.15) is 0 Å². The molecule has 16 valence electrons. The van der Waals surface area contributed by atoms with Crippen molar-refractivity contribution in [3.8, 4) is 0 Å². The summed E-state index contributed by atoms with van der Waals surface area (Å²) in [5.74, 6) is 0. The zero-order valence-corrected chi connectivity index (χ0v) is 10.0. The van der Waals surface area contributed by atoms with Gasteiger partial charge >= 0.3 is 0 Å². The van der Waals surface area contributed by atoms with Crippen LogP contribution >= 0.6 is 0 Å². The maximum Gasteiger partial charge on any atom is 0 e. The van der Waals surface area contributed by atoms with Crippen LogP contribution in [0.2, 0.25) is 0 Å². The molecule has 0 saturated heterocycles. The fourth-order valence-corrected chi connectivity index (χ4v) is 0. The Balaban J connectivity index is 0. The molecule has 0 aliphatic rings. The summed E-state index contributed by atoms with van der Waals surface area (Å²) in [6.07, 6.45) is 0. The van der Waals surface area contributed by atoms with Crippen LogP contribution in [-0.2, 0) is 44.1 Å². The average molecular weight is 384 g/mol. The third-order valence-electron chi connectivity index (χ3n) is 0. The third kappa shape index (κ3) is 8.85. The number of hydrogen-bond acceptors (Lipinski definition) is 0. The minimum atomic E-state index is 0. The minimum absolute atomic E-state index is 0. The van der Waals surface area contributed by atoms with Gasteiger partial charge in [0, 0.05) is 93.3 Å². The summed E-state index contributed by atoms with van der Waals surface area (Å²) < 4.78 is 0. The van der Waals surface area contributed by atoms with E-state index in [1.807, 2.05) is 0 Å². The van der Waals surface area contributed by atoms with Crippen LogP contribution in [0, 0.1) is 40.8 Å². The van der Waals surface area contributed by atoms with Crippen LogP contribution in [-0.4, -0.2) is 8.41 Å². The van der Waals surface area contributed by atoms with E-state index >= 15 is 0 Å². The molecule has 0 saturated carbocycles. The van der Waals surface area contributed by atoms with Crippen LogP contribution in [0.25, 0.3) is 0 Å². The third-order valence-corrected chi connectivity index (χ3v) is 0. The predicted molar refractivity (Wildman–Crippen MR) is 5.75 cm³/mol. The van der Waals surface area contributed by atoms with E-state index in [2.05, 4.69) is 0 Å². The zero-order chi connectivity index (χ0) is 0. The molecule has 0 rings (SSSR count). The normalized spacial score (nSPS) is 0. The van der Waals surface area contributed by atoms with Gasteiger partial charge in [-0.1, -0.05) is 0 Å². The number of rotatable bonds is 0. The van der Waals surface area contributed by atoms with Gasteiger partial charge in [-0.15, -0.1) is 0 Å². The standard InChI is InChI=1S/B.Nd.Ta.Ti. The van der Waals surface area contributed by atoms with Crippen molar-refractivity contribution in [2.75, 3.05) is 0 Å². The second kappa shape index (κ2) is 16.9. The van der Waals surface area contributed by atoms with Gasteiger partial charge in [-0.05, 0) is 0 Å². The molecule has 0 N–H and O–H groups in total. The van der Waals surface area contributed by atoms with E-state index in [0.717, 1.165) is 0 Å². The van der Waals surface area contributed by atoms with Gasteiger partial charge in [0.2, 0.25) is 0 Å². The van der Waals surface area contributed by atoms with Gasteiger partial charge in [0.15, 0.2) is 0 Å². The topological polar surface area (TPSA) is 0 Å². The molecule has 0 fully saturated rings. The molecule has 0 aromatic heterocycles. The van der Waals surface area contributed by atoms with Gasteiger partial charge in [0.05, 0.1) is 0 Å². The first-order valence-corrected chi connectivity index (χ1v) is 0. The second-order valence-corrected chi connectivity index (χ2v) is 0. The maximum absolute atomic E-state index is 0. The number of hydrogen-bond donors (Lipinski definition) is 0. The van der Waals surface area contributed by atoms with Gasteiger partial charge in [-0.3, -0.25) is 0 Å². The van der Waals surface area contributed by atoms with E-state index in [1.165, 1.54) is 0 Å². The molecule has 0 amide bonds. The molecule has 4 radical (unpaired) electrons. The first-order chi connectivity index (χ1) is 0. The van der Waals surface area contributed by atoms with E-state index in [-0.39, 0.29) is 93.3 Å². The fourth-order valence-electron chi connectivity index (χ4n) is 0. The molecule has 0 unspecified atom stereocenters. The van der Waals surface area contributed by atoms with E-state index < -0.39 is 0 Å². The molecule has 0 nitrogen and oxygen atoms in total. The molecule has 0 aliphatic carbocycles. The zero-order valence-electron chi connectivity index (χ0n) is 2.02. The van der Waals surface area contributed by atoms with Crippen molar-refractivity contribution >= 4 is 8.41 Å². The summed E-state index contributed by atoms with van der Waals surface area (Å²) in [7, 11) is 0. The molecule has 0 aromatic carbocycles. The molecule has 0 aromatic rings. The Labute approximate surface area is 91.4 Å². The van der Waals surface area contributed by atoms with Crippen molar-refractivity contribution in [2.45, 2.75) is 0 Å². The van der Waals surface area contributed by atoms with Gasteiger partial charge < -0.3 is 0 Å². The van der Waals surface area contributed by atoms with Crippen molar-refractivity contribution in [3.63, 3.8) is 0 Å². The Hall–Kier alpha value is 2.87. The molecule has 0 spiro atoms. The largest absolute Gasteiger partial charge is 0 e. The van der Waals surface area contributed by atoms with Crippen molar-refractivity contribution < 1.29 is 84.9 Å². The van der Waals surface area contributed by atoms with Crippen LogP contribution in [0.1, 0.15) is 0 Å². The Morgan fingerprint density at radius 2 is 1.00 bits per heavy atom. The summed E-state index contributed by atoms with van der Waals surface area (Å²) >= 11 is 0. The van der Waals surface area contributed by atoms with E-state index in [4.69, 9.17) is 0 Å². The second-order valence-electron chi connectivity index (χ2n) is 0. The fraction of sp³-hybridized carbons (Fsp3) is 0. The summed E-state index contributed by atoms with van der Waals surface area (Å²) in [5.41, 5.74) is 0. The minimum Gasteiger partial charge on any atom is 0 e. The quantitative estimate of drug-likeness (QED) is 0.500. The molecule has 0 bridgehead atoms.